The van der Waals surface area contributed by atoms with E-state index in [0.29, 0.717) is 25.1 Å². The molecule has 166 valence electrons. The lowest BCUT2D eigenvalue weighted by Crippen LogP contribution is -2.41. The van der Waals surface area contributed by atoms with Gasteiger partial charge in [0.1, 0.15) is 5.75 Å². The van der Waals surface area contributed by atoms with Gasteiger partial charge in [-0.25, -0.2) is 0 Å². The minimum Gasteiger partial charge on any atom is -0.481 e. The van der Waals surface area contributed by atoms with Gasteiger partial charge in [0, 0.05) is 19.0 Å². The number of hydrogen-bond donors (Lipinski definition) is 1. The molecule has 5 nitrogen and oxygen atoms in total. The molecule has 2 atom stereocenters. The fraction of sp³-hybridized carbons (Fsp3) is 0.462. The van der Waals surface area contributed by atoms with E-state index in [1.165, 1.54) is 11.1 Å². The van der Waals surface area contributed by atoms with Gasteiger partial charge in [-0.05, 0) is 62.4 Å². The van der Waals surface area contributed by atoms with Crippen molar-refractivity contribution in [2.24, 2.45) is 0 Å². The highest BCUT2D eigenvalue weighted by Crippen LogP contribution is 2.37. The second-order valence-electron chi connectivity index (χ2n) is 8.54. The zero-order valence-corrected chi connectivity index (χ0v) is 19.3. The Bertz CT molecular complexity index is 921. The molecule has 1 N–H and O–H groups in total. The molecule has 3 rings (SSSR count). The molecule has 1 aliphatic heterocycles. The van der Waals surface area contributed by atoms with Crippen molar-refractivity contribution in [2.75, 3.05) is 6.54 Å². The summed E-state index contributed by atoms with van der Waals surface area (Å²) >= 11 is 0. The second kappa shape index (κ2) is 9.99. The third-order valence-electron chi connectivity index (χ3n) is 5.73. The van der Waals surface area contributed by atoms with Crippen LogP contribution in [0.3, 0.4) is 0 Å². The first-order chi connectivity index (χ1) is 14.8. The molecule has 5 heteroatoms. The molecule has 0 aromatic heterocycles. The third-order valence-corrected chi connectivity index (χ3v) is 5.73. The lowest BCUT2D eigenvalue weighted by atomic mass is 9.87. The summed E-state index contributed by atoms with van der Waals surface area (Å²) in [6.45, 7) is 10.5. The fourth-order valence-electron chi connectivity index (χ4n) is 4.11. The van der Waals surface area contributed by atoms with E-state index in [0.717, 1.165) is 17.5 Å². The van der Waals surface area contributed by atoms with Crippen molar-refractivity contribution in [3.63, 3.8) is 0 Å². The molecule has 0 aliphatic carbocycles. The number of nitrogens with zero attached hydrogens (tertiary/aromatic N) is 1. The first kappa shape index (κ1) is 22.9. The van der Waals surface area contributed by atoms with E-state index in [1.807, 2.05) is 44.7 Å². The van der Waals surface area contributed by atoms with Gasteiger partial charge in [-0.3, -0.25) is 9.59 Å². The Morgan fingerprint density at radius 2 is 1.84 bits per heavy atom. The summed E-state index contributed by atoms with van der Waals surface area (Å²) in [5.74, 6) is 0.700. The van der Waals surface area contributed by atoms with Crippen LogP contribution in [0.5, 0.6) is 5.75 Å². The summed E-state index contributed by atoms with van der Waals surface area (Å²) in [5, 5.41) is 2.93. The predicted molar refractivity (Wildman–Crippen MR) is 123 cm³/mol. The van der Waals surface area contributed by atoms with Gasteiger partial charge in [0.25, 0.3) is 5.91 Å². The van der Waals surface area contributed by atoms with Gasteiger partial charge in [0.05, 0.1) is 6.04 Å². The van der Waals surface area contributed by atoms with Crippen molar-refractivity contribution in [1.82, 2.24) is 10.2 Å². The van der Waals surface area contributed by atoms with Crippen LogP contribution in [-0.2, 0) is 16.0 Å². The Hall–Kier alpha value is -2.82. The van der Waals surface area contributed by atoms with E-state index >= 15 is 0 Å². The number of benzene rings is 2. The van der Waals surface area contributed by atoms with E-state index in [-0.39, 0.29) is 23.9 Å². The highest BCUT2D eigenvalue weighted by molar-refractivity contribution is 5.81. The maximum absolute atomic E-state index is 12.8. The Balaban J connectivity index is 1.97. The Kier molecular flexibility index (Phi) is 7.37. The molecule has 0 radical (unpaired) electrons. The molecule has 31 heavy (non-hydrogen) atoms. The normalized spacial score (nSPS) is 16.6. The van der Waals surface area contributed by atoms with Gasteiger partial charge >= 0.3 is 0 Å². The molecule has 0 spiro atoms. The molecule has 0 unspecified atom stereocenters. The highest BCUT2D eigenvalue weighted by atomic mass is 16.5. The number of hydrogen-bond acceptors (Lipinski definition) is 3. The molecule has 2 aromatic carbocycles. The van der Waals surface area contributed by atoms with Gasteiger partial charge in [-0.2, -0.15) is 0 Å². The number of aryl methyl sites for hydroxylation is 1. The predicted octanol–water partition coefficient (Wildman–Crippen LogP) is 4.56. The molecular formula is C26H34N2O3. The van der Waals surface area contributed by atoms with Crippen molar-refractivity contribution >= 4 is 11.8 Å². The van der Waals surface area contributed by atoms with E-state index in [1.54, 1.807) is 0 Å². The summed E-state index contributed by atoms with van der Waals surface area (Å²) in [6.07, 6.45) is 1.32. The molecule has 0 fully saturated rings. The van der Waals surface area contributed by atoms with Crippen LogP contribution in [0.4, 0.5) is 0 Å². The number of ether oxygens (including phenoxy) is 1. The number of rotatable bonds is 7. The average Bonchev–Trinajstić information content (AvgIpc) is 2.76. The van der Waals surface area contributed by atoms with E-state index in [4.69, 9.17) is 4.74 Å². The van der Waals surface area contributed by atoms with Crippen LogP contribution in [-0.4, -0.2) is 35.4 Å². The number of carbonyl (C=O) groups excluding carboxylic acids is 2. The molecule has 2 amide bonds. The zero-order valence-electron chi connectivity index (χ0n) is 19.3. The molecule has 1 heterocycles. The minimum atomic E-state index is -0.546. The maximum Gasteiger partial charge on any atom is 0.261 e. The topological polar surface area (TPSA) is 58.6 Å². The van der Waals surface area contributed by atoms with Gasteiger partial charge < -0.3 is 15.0 Å². The SMILES string of the molecule is CCC(=O)N1CCc2ccc(O[C@H](CC)C(=O)NC(C)C)cc2[C@@H]1c1ccc(C)cc1. The average molecular weight is 423 g/mol. The number of nitrogens with one attached hydrogen (secondary N) is 1. The van der Waals surface area contributed by atoms with Gasteiger partial charge in [0.15, 0.2) is 6.10 Å². The Morgan fingerprint density at radius 3 is 2.45 bits per heavy atom. The molecule has 0 bridgehead atoms. The number of fused-ring (bicyclic) bond motifs is 1. The number of amides is 2. The first-order valence-corrected chi connectivity index (χ1v) is 11.3. The molecule has 1 aliphatic rings. The minimum absolute atomic E-state index is 0.0632. The summed E-state index contributed by atoms with van der Waals surface area (Å²) in [5.41, 5.74) is 4.58. The van der Waals surface area contributed by atoms with E-state index in [2.05, 4.69) is 42.6 Å². The van der Waals surface area contributed by atoms with Crippen molar-refractivity contribution < 1.29 is 14.3 Å². The van der Waals surface area contributed by atoms with Crippen LogP contribution in [0.1, 0.15) is 68.8 Å². The summed E-state index contributed by atoms with van der Waals surface area (Å²) in [4.78, 5) is 27.2. The first-order valence-electron chi connectivity index (χ1n) is 11.3. The molecular weight excluding hydrogens is 388 g/mol. The van der Waals surface area contributed by atoms with E-state index in [9.17, 15) is 9.59 Å². The van der Waals surface area contributed by atoms with Crippen LogP contribution >= 0.6 is 0 Å². The Labute approximate surface area is 185 Å². The van der Waals surface area contributed by atoms with Crippen LogP contribution in [0, 0.1) is 6.92 Å². The second-order valence-corrected chi connectivity index (χ2v) is 8.54. The highest BCUT2D eigenvalue weighted by Gasteiger charge is 2.32. The zero-order chi connectivity index (χ0) is 22.5. The van der Waals surface area contributed by atoms with Crippen LogP contribution in [0.15, 0.2) is 42.5 Å². The van der Waals surface area contributed by atoms with Gasteiger partial charge in [-0.15, -0.1) is 0 Å². The summed E-state index contributed by atoms with van der Waals surface area (Å²) in [7, 11) is 0. The van der Waals surface area contributed by atoms with Crippen molar-refractivity contribution in [2.45, 2.75) is 72.1 Å². The molecule has 0 saturated heterocycles. The van der Waals surface area contributed by atoms with Gasteiger partial charge in [-0.1, -0.05) is 49.7 Å². The molecule has 0 saturated carbocycles. The lowest BCUT2D eigenvalue weighted by Gasteiger charge is -2.38. The van der Waals surface area contributed by atoms with Crippen LogP contribution in [0.2, 0.25) is 0 Å². The van der Waals surface area contributed by atoms with Gasteiger partial charge in [0.2, 0.25) is 5.91 Å². The van der Waals surface area contributed by atoms with Crippen molar-refractivity contribution in [3.05, 3.63) is 64.7 Å². The van der Waals surface area contributed by atoms with Crippen LogP contribution < -0.4 is 10.1 Å². The Morgan fingerprint density at radius 1 is 1.13 bits per heavy atom. The maximum atomic E-state index is 12.8. The van der Waals surface area contributed by atoms with Crippen LogP contribution in [0.25, 0.3) is 0 Å². The van der Waals surface area contributed by atoms with Crippen molar-refractivity contribution in [1.29, 1.82) is 0 Å². The largest absolute Gasteiger partial charge is 0.481 e. The summed E-state index contributed by atoms with van der Waals surface area (Å²) < 4.78 is 6.10. The summed E-state index contributed by atoms with van der Waals surface area (Å²) in [6, 6.07) is 14.3. The monoisotopic (exact) mass is 422 g/mol. The van der Waals surface area contributed by atoms with Crippen molar-refractivity contribution in [3.8, 4) is 5.75 Å². The lowest BCUT2D eigenvalue weighted by molar-refractivity contribution is -0.133. The quantitative estimate of drug-likeness (QED) is 0.712. The smallest absolute Gasteiger partial charge is 0.261 e. The third kappa shape index (κ3) is 5.27. The number of carbonyl (C=O) groups is 2. The fourth-order valence-corrected chi connectivity index (χ4v) is 4.11. The standard InChI is InChI=1S/C26H34N2O3/c1-6-23(26(30)27-17(3)4)31-21-13-12-19-14-15-28(24(29)7-2)25(22(19)16-21)20-10-8-18(5)9-11-20/h8-13,16-17,23,25H,6-7,14-15H2,1-5H3,(H,27,30)/t23-,25+/m1/s1. The van der Waals surface area contributed by atoms with E-state index < -0.39 is 6.10 Å². The molecule has 2 aromatic rings.